The Morgan fingerprint density at radius 2 is 2.32 bits per heavy atom. The molecule has 1 aromatic carbocycles. The number of hydrogen-bond acceptors (Lipinski definition) is 2. The quantitative estimate of drug-likeness (QED) is 0.891. The minimum atomic E-state index is -0.0229. The van der Waals surface area contributed by atoms with E-state index in [2.05, 4.69) is 5.32 Å². The summed E-state index contributed by atoms with van der Waals surface area (Å²) in [4.78, 5) is 12.3. The molecule has 1 aliphatic carbocycles. The number of rotatable bonds is 4. The molecular formula is C15H21ClN2O. The third-order valence-corrected chi connectivity index (χ3v) is 4.24. The second-order valence-corrected chi connectivity index (χ2v) is 5.75. The normalized spacial score (nSPS) is 24.2. The van der Waals surface area contributed by atoms with Gasteiger partial charge in [0.1, 0.15) is 0 Å². The topological polar surface area (TPSA) is 55.1 Å². The first-order chi connectivity index (χ1) is 9.11. The van der Waals surface area contributed by atoms with Gasteiger partial charge in [0.2, 0.25) is 5.91 Å². The van der Waals surface area contributed by atoms with Crippen molar-refractivity contribution in [1.82, 2.24) is 5.32 Å². The molecule has 4 heteroatoms. The van der Waals surface area contributed by atoms with Crippen LogP contribution in [0.5, 0.6) is 0 Å². The van der Waals surface area contributed by atoms with Crippen molar-refractivity contribution >= 4 is 17.5 Å². The van der Waals surface area contributed by atoms with E-state index in [9.17, 15) is 4.79 Å². The van der Waals surface area contributed by atoms with Crippen molar-refractivity contribution in [3.05, 3.63) is 34.9 Å². The number of hydrogen-bond donors (Lipinski definition) is 2. The van der Waals surface area contributed by atoms with Crippen LogP contribution >= 0.6 is 11.6 Å². The monoisotopic (exact) mass is 280 g/mol. The summed E-state index contributed by atoms with van der Waals surface area (Å²) in [6.45, 7) is 2.58. The molecule has 104 valence electrons. The largest absolute Gasteiger partial charge is 0.349 e. The Morgan fingerprint density at radius 1 is 1.53 bits per heavy atom. The number of benzene rings is 1. The van der Waals surface area contributed by atoms with Crippen molar-refractivity contribution in [2.24, 2.45) is 17.6 Å². The number of carbonyl (C=O) groups is 1. The van der Waals surface area contributed by atoms with E-state index in [1.807, 2.05) is 31.2 Å². The zero-order valence-corrected chi connectivity index (χ0v) is 12.0. The van der Waals surface area contributed by atoms with E-state index in [0.717, 1.165) is 24.8 Å². The summed E-state index contributed by atoms with van der Waals surface area (Å²) >= 11 is 5.97. The van der Waals surface area contributed by atoms with Crippen LogP contribution in [0.1, 0.15) is 37.8 Å². The number of nitrogens with two attached hydrogens (primary N) is 1. The molecular weight excluding hydrogens is 260 g/mol. The van der Waals surface area contributed by atoms with Crippen LogP contribution in [-0.4, -0.2) is 12.5 Å². The molecule has 1 aromatic rings. The minimum Gasteiger partial charge on any atom is -0.349 e. The third-order valence-electron chi connectivity index (χ3n) is 4.01. The fourth-order valence-electron chi connectivity index (χ4n) is 2.84. The second-order valence-electron chi connectivity index (χ2n) is 5.32. The lowest BCUT2D eigenvalue weighted by Crippen LogP contribution is -2.36. The van der Waals surface area contributed by atoms with E-state index < -0.39 is 0 Å². The average Bonchev–Trinajstić information content (AvgIpc) is 2.87. The van der Waals surface area contributed by atoms with Crippen LogP contribution in [0.3, 0.4) is 0 Å². The summed E-state index contributed by atoms with van der Waals surface area (Å²) < 4.78 is 0. The highest BCUT2D eigenvalue weighted by molar-refractivity contribution is 6.30. The van der Waals surface area contributed by atoms with Gasteiger partial charge in [-0.15, -0.1) is 0 Å². The zero-order valence-electron chi connectivity index (χ0n) is 11.2. The van der Waals surface area contributed by atoms with E-state index in [4.69, 9.17) is 17.3 Å². The van der Waals surface area contributed by atoms with Gasteiger partial charge in [0.05, 0.1) is 6.04 Å². The first kappa shape index (κ1) is 14.4. The zero-order chi connectivity index (χ0) is 13.8. The molecule has 3 atom stereocenters. The third kappa shape index (κ3) is 3.48. The summed E-state index contributed by atoms with van der Waals surface area (Å²) in [6, 6.07) is 7.58. The first-order valence-corrected chi connectivity index (χ1v) is 7.25. The molecule has 1 amide bonds. The van der Waals surface area contributed by atoms with Gasteiger partial charge in [0.25, 0.3) is 0 Å². The molecule has 0 aliphatic heterocycles. The molecule has 19 heavy (non-hydrogen) atoms. The molecule has 0 aromatic heterocycles. The van der Waals surface area contributed by atoms with Crippen LogP contribution in [0.15, 0.2) is 24.3 Å². The molecule has 0 heterocycles. The first-order valence-electron chi connectivity index (χ1n) is 6.87. The number of halogens is 1. The van der Waals surface area contributed by atoms with Crippen molar-refractivity contribution < 1.29 is 4.79 Å². The predicted octanol–water partition coefficient (Wildman–Crippen LogP) is 2.89. The Hall–Kier alpha value is -1.06. The van der Waals surface area contributed by atoms with Crippen molar-refractivity contribution in [1.29, 1.82) is 0 Å². The summed E-state index contributed by atoms with van der Waals surface area (Å²) in [6.07, 6.45) is 3.13. The Labute approximate surface area is 119 Å². The fraction of sp³-hybridized carbons (Fsp3) is 0.533. The Morgan fingerprint density at radius 3 is 3.00 bits per heavy atom. The average molecular weight is 281 g/mol. The van der Waals surface area contributed by atoms with Crippen LogP contribution in [-0.2, 0) is 4.79 Å². The fourth-order valence-corrected chi connectivity index (χ4v) is 3.04. The van der Waals surface area contributed by atoms with E-state index in [1.165, 1.54) is 0 Å². The molecule has 0 radical (unpaired) electrons. The van der Waals surface area contributed by atoms with Crippen LogP contribution in [0, 0.1) is 11.8 Å². The molecule has 0 bridgehead atoms. The second kappa shape index (κ2) is 6.40. The molecule has 1 saturated carbocycles. The molecule has 3 nitrogen and oxygen atoms in total. The van der Waals surface area contributed by atoms with Gasteiger partial charge < -0.3 is 11.1 Å². The minimum absolute atomic E-state index is 0.0229. The van der Waals surface area contributed by atoms with Crippen LogP contribution in [0.2, 0.25) is 5.02 Å². The lowest BCUT2D eigenvalue weighted by Gasteiger charge is -2.21. The maximum atomic E-state index is 12.3. The number of carbonyl (C=O) groups excluding carboxylic acids is 1. The van der Waals surface area contributed by atoms with Gasteiger partial charge in [-0.25, -0.2) is 0 Å². The van der Waals surface area contributed by atoms with Crippen molar-refractivity contribution in [2.45, 2.75) is 32.2 Å². The summed E-state index contributed by atoms with van der Waals surface area (Å²) in [5, 5.41) is 3.77. The smallest absolute Gasteiger partial charge is 0.223 e. The van der Waals surface area contributed by atoms with E-state index in [0.29, 0.717) is 17.5 Å². The maximum absolute atomic E-state index is 12.3. The highest BCUT2D eigenvalue weighted by Crippen LogP contribution is 2.31. The van der Waals surface area contributed by atoms with Crippen LogP contribution in [0.25, 0.3) is 0 Å². The summed E-state index contributed by atoms with van der Waals surface area (Å²) in [5.41, 5.74) is 6.76. The van der Waals surface area contributed by atoms with Crippen molar-refractivity contribution in [2.75, 3.05) is 6.54 Å². The highest BCUT2D eigenvalue weighted by Gasteiger charge is 2.32. The van der Waals surface area contributed by atoms with E-state index in [1.54, 1.807) is 0 Å². The van der Waals surface area contributed by atoms with Gasteiger partial charge in [-0.2, -0.15) is 0 Å². The molecule has 2 unspecified atom stereocenters. The highest BCUT2D eigenvalue weighted by atomic mass is 35.5. The molecule has 1 aliphatic rings. The number of nitrogens with one attached hydrogen (secondary N) is 1. The van der Waals surface area contributed by atoms with E-state index in [-0.39, 0.29) is 17.9 Å². The number of amides is 1. The lowest BCUT2D eigenvalue weighted by molar-refractivity contribution is -0.126. The van der Waals surface area contributed by atoms with Gasteiger partial charge in [0.15, 0.2) is 0 Å². The van der Waals surface area contributed by atoms with Gasteiger partial charge in [-0.3, -0.25) is 4.79 Å². The predicted molar refractivity (Wildman–Crippen MR) is 77.9 cm³/mol. The Kier molecular flexibility index (Phi) is 4.83. The van der Waals surface area contributed by atoms with Crippen molar-refractivity contribution in [3.63, 3.8) is 0 Å². The molecule has 3 N–H and O–H groups in total. The van der Waals surface area contributed by atoms with Crippen LogP contribution < -0.4 is 11.1 Å². The molecule has 0 spiro atoms. The van der Waals surface area contributed by atoms with Crippen molar-refractivity contribution in [3.8, 4) is 0 Å². The SMILES string of the molecule is C[C@@H](NC(=O)C1CCCC1CN)c1cccc(Cl)c1. The van der Waals surface area contributed by atoms with Gasteiger partial charge in [-0.1, -0.05) is 30.2 Å². The Balaban J connectivity index is 1.98. The molecule has 0 saturated heterocycles. The Bertz CT molecular complexity index is 450. The van der Waals surface area contributed by atoms with Gasteiger partial charge in [0, 0.05) is 10.9 Å². The van der Waals surface area contributed by atoms with Gasteiger partial charge >= 0.3 is 0 Å². The maximum Gasteiger partial charge on any atom is 0.223 e. The molecule has 2 rings (SSSR count). The van der Waals surface area contributed by atoms with E-state index >= 15 is 0 Å². The van der Waals surface area contributed by atoms with Crippen LogP contribution in [0.4, 0.5) is 0 Å². The summed E-state index contributed by atoms with van der Waals surface area (Å²) in [7, 11) is 0. The molecule has 1 fully saturated rings. The lowest BCUT2D eigenvalue weighted by atomic mass is 9.94. The van der Waals surface area contributed by atoms with Gasteiger partial charge in [-0.05, 0) is 49.9 Å². The summed E-state index contributed by atoms with van der Waals surface area (Å²) in [5.74, 6) is 0.540. The standard InChI is InChI=1S/C15H21ClN2O/c1-10(11-4-2-6-13(16)8-11)18-15(19)14-7-3-5-12(14)9-17/h2,4,6,8,10,12,14H,3,5,7,9,17H2,1H3,(H,18,19)/t10-,12?,14?/m1/s1.